The molecule has 0 aliphatic rings. The van der Waals surface area contributed by atoms with Gasteiger partial charge in [-0.1, -0.05) is 17.7 Å². The van der Waals surface area contributed by atoms with Crippen LogP contribution in [0.15, 0.2) is 36.4 Å². The van der Waals surface area contributed by atoms with Crippen LogP contribution in [0.2, 0.25) is 5.02 Å². The summed E-state index contributed by atoms with van der Waals surface area (Å²) in [6.07, 6.45) is 0. The highest BCUT2D eigenvalue weighted by atomic mass is 35.5. The van der Waals surface area contributed by atoms with Crippen molar-refractivity contribution in [1.82, 2.24) is 0 Å². The number of aryl methyl sites for hydroxylation is 2. The number of thiocarbonyl (C=S) groups is 1. The van der Waals surface area contributed by atoms with Crippen LogP contribution < -0.4 is 10.2 Å². The number of halogens is 1. The second-order valence-electron chi connectivity index (χ2n) is 4.94. The SMILES string of the molecule is Cc1cc(C)c(NC(=S)N(C)c2ccc(O)cc2)c(Cl)c1. The third-order valence-electron chi connectivity index (χ3n) is 3.21. The third kappa shape index (κ3) is 3.65. The van der Waals surface area contributed by atoms with Crippen LogP contribution in [0.5, 0.6) is 5.75 Å². The minimum absolute atomic E-state index is 0.225. The number of aromatic hydroxyl groups is 1. The van der Waals surface area contributed by atoms with Crippen molar-refractivity contribution in [3.05, 3.63) is 52.5 Å². The van der Waals surface area contributed by atoms with Gasteiger partial charge in [0.2, 0.25) is 0 Å². The van der Waals surface area contributed by atoms with Crippen LogP contribution in [-0.2, 0) is 0 Å². The lowest BCUT2D eigenvalue weighted by molar-refractivity contribution is 0.475. The molecule has 0 amide bonds. The summed E-state index contributed by atoms with van der Waals surface area (Å²) < 4.78 is 0. The third-order valence-corrected chi connectivity index (χ3v) is 3.88. The van der Waals surface area contributed by atoms with Crippen molar-refractivity contribution in [2.24, 2.45) is 0 Å². The lowest BCUT2D eigenvalue weighted by Crippen LogP contribution is -2.31. The number of nitrogens with one attached hydrogen (secondary N) is 1. The molecule has 0 heterocycles. The highest BCUT2D eigenvalue weighted by molar-refractivity contribution is 7.80. The summed E-state index contributed by atoms with van der Waals surface area (Å²) in [6.45, 7) is 3.99. The van der Waals surface area contributed by atoms with Crippen molar-refractivity contribution >= 4 is 40.3 Å². The molecule has 2 rings (SSSR count). The molecular formula is C16H17ClN2OS. The summed E-state index contributed by atoms with van der Waals surface area (Å²) in [5.74, 6) is 0.225. The molecule has 5 heteroatoms. The highest BCUT2D eigenvalue weighted by Crippen LogP contribution is 2.28. The van der Waals surface area contributed by atoms with Crippen molar-refractivity contribution in [2.75, 3.05) is 17.3 Å². The predicted octanol–water partition coefficient (Wildman–Crippen LogP) is 4.50. The van der Waals surface area contributed by atoms with Gasteiger partial charge in [0.1, 0.15) is 5.75 Å². The Morgan fingerprint density at radius 2 is 1.81 bits per heavy atom. The molecule has 21 heavy (non-hydrogen) atoms. The van der Waals surface area contributed by atoms with Gasteiger partial charge in [-0.05, 0) is 67.5 Å². The van der Waals surface area contributed by atoms with Crippen LogP contribution >= 0.6 is 23.8 Å². The highest BCUT2D eigenvalue weighted by Gasteiger charge is 2.11. The fraction of sp³-hybridized carbons (Fsp3) is 0.188. The van der Waals surface area contributed by atoms with Crippen LogP contribution in [-0.4, -0.2) is 17.3 Å². The summed E-state index contributed by atoms with van der Waals surface area (Å²) in [4.78, 5) is 1.82. The van der Waals surface area contributed by atoms with Crippen molar-refractivity contribution in [1.29, 1.82) is 0 Å². The Kier molecular flexibility index (Phi) is 4.70. The molecule has 0 spiro atoms. The number of anilines is 2. The van der Waals surface area contributed by atoms with E-state index >= 15 is 0 Å². The van der Waals surface area contributed by atoms with Crippen molar-refractivity contribution in [3.8, 4) is 5.75 Å². The minimum atomic E-state index is 0.225. The average Bonchev–Trinajstić information content (AvgIpc) is 2.42. The number of hydrogen-bond donors (Lipinski definition) is 2. The summed E-state index contributed by atoms with van der Waals surface area (Å²) in [5.41, 5.74) is 3.85. The molecule has 3 nitrogen and oxygen atoms in total. The van der Waals surface area contributed by atoms with Gasteiger partial charge in [0.15, 0.2) is 5.11 Å². The van der Waals surface area contributed by atoms with E-state index in [0.717, 1.165) is 22.5 Å². The van der Waals surface area contributed by atoms with Crippen LogP contribution in [0.25, 0.3) is 0 Å². The zero-order chi connectivity index (χ0) is 15.6. The van der Waals surface area contributed by atoms with E-state index in [-0.39, 0.29) is 5.75 Å². The molecule has 0 atom stereocenters. The van der Waals surface area contributed by atoms with Gasteiger partial charge in [-0.15, -0.1) is 0 Å². The Morgan fingerprint density at radius 1 is 1.19 bits per heavy atom. The van der Waals surface area contributed by atoms with Gasteiger partial charge in [-0.2, -0.15) is 0 Å². The van der Waals surface area contributed by atoms with Crippen molar-refractivity contribution < 1.29 is 5.11 Å². The second-order valence-corrected chi connectivity index (χ2v) is 5.74. The maximum absolute atomic E-state index is 9.33. The number of benzene rings is 2. The largest absolute Gasteiger partial charge is 0.508 e. The van der Waals surface area contributed by atoms with Gasteiger partial charge in [0.25, 0.3) is 0 Å². The van der Waals surface area contributed by atoms with Gasteiger partial charge < -0.3 is 15.3 Å². The van der Waals surface area contributed by atoms with Gasteiger partial charge >= 0.3 is 0 Å². The Labute approximate surface area is 135 Å². The summed E-state index contributed by atoms with van der Waals surface area (Å²) in [6, 6.07) is 10.8. The molecule has 0 saturated carbocycles. The number of rotatable bonds is 2. The monoisotopic (exact) mass is 320 g/mol. The normalized spacial score (nSPS) is 10.3. The number of nitrogens with zero attached hydrogens (tertiary/aromatic N) is 1. The zero-order valence-corrected chi connectivity index (χ0v) is 13.7. The van der Waals surface area contributed by atoms with E-state index < -0.39 is 0 Å². The molecule has 0 unspecified atom stereocenters. The lowest BCUT2D eigenvalue weighted by atomic mass is 10.1. The maximum Gasteiger partial charge on any atom is 0.177 e. The second kappa shape index (κ2) is 6.33. The summed E-state index contributed by atoms with van der Waals surface area (Å²) in [5, 5.41) is 13.7. The summed E-state index contributed by atoms with van der Waals surface area (Å²) >= 11 is 11.7. The molecule has 0 radical (unpaired) electrons. The van der Waals surface area contributed by atoms with Crippen LogP contribution in [0.1, 0.15) is 11.1 Å². The van der Waals surface area contributed by atoms with E-state index in [1.807, 2.05) is 31.9 Å². The standard InChI is InChI=1S/C16H17ClN2OS/c1-10-8-11(2)15(14(17)9-10)18-16(21)19(3)12-4-6-13(20)7-5-12/h4-9,20H,1-3H3,(H,18,21). The molecule has 2 aromatic carbocycles. The van der Waals surface area contributed by atoms with E-state index in [2.05, 4.69) is 11.4 Å². The van der Waals surface area contributed by atoms with Gasteiger partial charge in [0.05, 0.1) is 10.7 Å². The van der Waals surface area contributed by atoms with E-state index in [1.54, 1.807) is 24.3 Å². The Balaban J connectivity index is 2.20. The number of phenols is 1. The first kappa shape index (κ1) is 15.6. The van der Waals surface area contributed by atoms with Gasteiger partial charge in [-0.25, -0.2) is 0 Å². The van der Waals surface area contributed by atoms with Crippen LogP contribution in [0.4, 0.5) is 11.4 Å². The number of hydrogen-bond acceptors (Lipinski definition) is 2. The molecule has 0 fully saturated rings. The topological polar surface area (TPSA) is 35.5 Å². The lowest BCUT2D eigenvalue weighted by Gasteiger charge is -2.22. The molecule has 0 saturated heterocycles. The van der Waals surface area contributed by atoms with E-state index in [1.165, 1.54) is 0 Å². The van der Waals surface area contributed by atoms with E-state index in [4.69, 9.17) is 23.8 Å². The minimum Gasteiger partial charge on any atom is -0.508 e. The number of phenolic OH excluding ortho intramolecular Hbond substituents is 1. The van der Waals surface area contributed by atoms with Crippen LogP contribution in [0.3, 0.4) is 0 Å². The van der Waals surface area contributed by atoms with E-state index in [9.17, 15) is 5.11 Å². The molecule has 110 valence electrons. The fourth-order valence-corrected chi connectivity index (χ4v) is 2.63. The molecular weight excluding hydrogens is 304 g/mol. The molecule has 0 bridgehead atoms. The maximum atomic E-state index is 9.33. The summed E-state index contributed by atoms with van der Waals surface area (Å²) in [7, 11) is 1.86. The first-order valence-electron chi connectivity index (χ1n) is 6.49. The van der Waals surface area contributed by atoms with Crippen LogP contribution in [0, 0.1) is 13.8 Å². The first-order valence-corrected chi connectivity index (χ1v) is 7.27. The fourth-order valence-electron chi connectivity index (χ4n) is 2.06. The van der Waals surface area contributed by atoms with Crippen molar-refractivity contribution in [3.63, 3.8) is 0 Å². The quantitative estimate of drug-likeness (QED) is 0.799. The smallest absolute Gasteiger partial charge is 0.177 e. The first-order chi connectivity index (χ1) is 9.88. The van der Waals surface area contributed by atoms with E-state index in [0.29, 0.717) is 10.1 Å². The Bertz CT molecular complexity index is 647. The molecule has 2 N–H and O–H groups in total. The Morgan fingerprint density at radius 3 is 2.38 bits per heavy atom. The molecule has 0 aliphatic carbocycles. The molecule has 0 aliphatic heterocycles. The average molecular weight is 321 g/mol. The Hall–Kier alpha value is -1.78. The molecule has 2 aromatic rings. The molecule has 0 aromatic heterocycles. The zero-order valence-electron chi connectivity index (χ0n) is 12.1. The van der Waals surface area contributed by atoms with Crippen molar-refractivity contribution in [2.45, 2.75) is 13.8 Å². The van der Waals surface area contributed by atoms with Gasteiger partial charge in [-0.3, -0.25) is 0 Å². The van der Waals surface area contributed by atoms with Gasteiger partial charge in [0, 0.05) is 12.7 Å². The predicted molar refractivity (Wildman–Crippen MR) is 93.7 cm³/mol.